The first-order chi connectivity index (χ1) is 9.29. The number of aryl methyl sites for hydroxylation is 1. The van der Waals surface area contributed by atoms with Crippen molar-refractivity contribution in [2.24, 2.45) is 0 Å². The minimum absolute atomic E-state index is 0.676. The third kappa shape index (κ3) is 3.23. The predicted octanol–water partition coefficient (Wildman–Crippen LogP) is 4.07. The van der Waals surface area contributed by atoms with Crippen LogP contribution in [0, 0.1) is 6.92 Å². The highest BCUT2D eigenvalue weighted by molar-refractivity contribution is 8.00. The zero-order chi connectivity index (χ0) is 13.1. The number of benzene rings is 1. The minimum atomic E-state index is 0.676. The Morgan fingerprint density at radius 3 is 2.63 bits per heavy atom. The fourth-order valence-electron chi connectivity index (χ4n) is 1.93. The van der Waals surface area contributed by atoms with Crippen LogP contribution in [-0.4, -0.2) is 11.2 Å². The van der Waals surface area contributed by atoms with Gasteiger partial charge in [-0.2, -0.15) is 0 Å². The van der Waals surface area contributed by atoms with Gasteiger partial charge in [-0.15, -0.1) is 0 Å². The average molecular weight is 275 g/mol. The van der Waals surface area contributed by atoms with Crippen molar-refractivity contribution in [3.8, 4) is 0 Å². The smallest absolute Gasteiger partial charge is 0.179 e. The van der Waals surface area contributed by atoms with E-state index in [1.807, 2.05) is 13.0 Å². The lowest BCUT2D eigenvalue weighted by atomic mass is 9.93. The highest BCUT2D eigenvalue weighted by Gasteiger charge is 2.16. The Bertz CT molecular complexity index is 534. The van der Waals surface area contributed by atoms with E-state index in [9.17, 15) is 0 Å². The van der Waals surface area contributed by atoms with E-state index in [1.165, 1.54) is 36.9 Å². The van der Waals surface area contributed by atoms with Gasteiger partial charge in [-0.3, -0.25) is 0 Å². The van der Waals surface area contributed by atoms with E-state index >= 15 is 0 Å². The summed E-state index contributed by atoms with van der Waals surface area (Å²) in [4.78, 5) is 1.15. The topological polar surface area (TPSA) is 50.1 Å². The summed E-state index contributed by atoms with van der Waals surface area (Å²) in [5.41, 5.74) is 1.20. The van der Waals surface area contributed by atoms with Gasteiger partial charge in [0, 0.05) is 22.7 Å². The second-order valence-electron chi connectivity index (χ2n) is 4.82. The van der Waals surface area contributed by atoms with Crippen LogP contribution >= 0.6 is 11.9 Å². The summed E-state index contributed by atoms with van der Waals surface area (Å²) in [6.45, 7) is 1.88. The van der Waals surface area contributed by atoms with E-state index in [-0.39, 0.29) is 0 Å². The third-order valence-corrected chi connectivity index (χ3v) is 4.05. The summed E-state index contributed by atoms with van der Waals surface area (Å²) in [6, 6.07) is 11.0. The molecule has 5 heteroatoms. The number of nitrogens with one attached hydrogen (secondary N) is 2. The summed E-state index contributed by atoms with van der Waals surface area (Å²) in [7, 11) is 0. The van der Waals surface area contributed by atoms with Gasteiger partial charge < -0.3 is 14.6 Å². The van der Waals surface area contributed by atoms with E-state index in [0.717, 1.165) is 16.5 Å². The number of nitrogens with zero attached hydrogens (tertiary/aromatic N) is 1. The van der Waals surface area contributed by atoms with Gasteiger partial charge in [-0.1, -0.05) is 5.16 Å². The summed E-state index contributed by atoms with van der Waals surface area (Å²) < 4.78 is 8.15. The van der Waals surface area contributed by atoms with Gasteiger partial charge in [0.15, 0.2) is 5.82 Å². The molecule has 0 unspecified atom stereocenters. The lowest BCUT2D eigenvalue weighted by Crippen LogP contribution is -2.26. The summed E-state index contributed by atoms with van der Waals surface area (Å²) in [5.74, 6) is 1.56. The van der Waals surface area contributed by atoms with E-state index in [2.05, 4.69) is 39.5 Å². The normalized spacial score (nSPS) is 15.0. The molecule has 1 aromatic heterocycles. The molecular formula is C14H17N3OS. The monoisotopic (exact) mass is 275 g/mol. The summed E-state index contributed by atoms with van der Waals surface area (Å²) in [5, 5.41) is 7.41. The van der Waals surface area contributed by atoms with Crippen LogP contribution in [0.15, 0.2) is 39.8 Å². The molecule has 1 aliphatic rings. The van der Waals surface area contributed by atoms with E-state index in [4.69, 9.17) is 4.52 Å². The molecule has 0 radical (unpaired) electrons. The maximum absolute atomic E-state index is 5.00. The molecule has 2 aromatic rings. The van der Waals surface area contributed by atoms with Crippen LogP contribution in [0.1, 0.15) is 25.0 Å². The molecule has 1 aromatic carbocycles. The maximum atomic E-state index is 5.00. The van der Waals surface area contributed by atoms with Crippen molar-refractivity contribution in [2.75, 3.05) is 10.0 Å². The Balaban J connectivity index is 1.53. The highest BCUT2D eigenvalue weighted by Crippen LogP contribution is 2.26. The maximum Gasteiger partial charge on any atom is 0.179 e. The molecule has 100 valence electrons. The van der Waals surface area contributed by atoms with Crippen LogP contribution in [0.3, 0.4) is 0 Å². The molecule has 0 aliphatic heterocycles. The average Bonchev–Trinajstić information content (AvgIpc) is 2.79. The van der Waals surface area contributed by atoms with Crippen molar-refractivity contribution < 1.29 is 4.52 Å². The van der Waals surface area contributed by atoms with Crippen molar-refractivity contribution in [1.29, 1.82) is 0 Å². The van der Waals surface area contributed by atoms with Gasteiger partial charge in [-0.25, -0.2) is 0 Å². The Kier molecular flexibility index (Phi) is 3.64. The van der Waals surface area contributed by atoms with Gasteiger partial charge in [0.1, 0.15) is 5.76 Å². The van der Waals surface area contributed by atoms with Crippen molar-refractivity contribution in [3.05, 3.63) is 36.1 Å². The van der Waals surface area contributed by atoms with Gasteiger partial charge in [0.05, 0.1) is 0 Å². The Labute approximate surface area is 117 Å². The molecule has 4 nitrogen and oxygen atoms in total. The van der Waals surface area contributed by atoms with Gasteiger partial charge in [0.25, 0.3) is 0 Å². The molecule has 1 aliphatic carbocycles. The van der Waals surface area contributed by atoms with Crippen LogP contribution in [0.4, 0.5) is 11.5 Å². The first kappa shape index (κ1) is 12.4. The van der Waals surface area contributed by atoms with Crippen LogP contribution in [0.2, 0.25) is 0 Å². The zero-order valence-corrected chi connectivity index (χ0v) is 11.7. The molecule has 0 amide bonds. The number of rotatable bonds is 5. The fraction of sp³-hybridized carbons (Fsp3) is 0.357. The summed E-state index contributed by atoms with van der Waals surface area (Å²) >= 11 is 1.53. The third-order valence-electron chi connectivity index (χ3n) is 3.23. The number of aromatic nitrogens is 1. The van der Waals surface area contributed by atoms with Crippen LogP contribution in [0.5, 0.6) is 0 Å². The Hall–Kier alpha value is -1.62. The Morgan fingerprint density at radius 2 is 2.05 bits per heavy atom. The first-order valence-electron chi connectivity index (χ1n) is 6.52. The van der Waals surface area contributed by atoms with Crippen molar-refractivity contribution in [2.45, 2.75) is 37.1 Å². The number of hydrogen-bond donors (Lipinski definition) is 2. The minimum Gasteiger partial charge on any atom is -0.382 e. The predicted molar refractivity (Wildman–Crippen MR) is 78.4 cm³/mol. The molecule has 2 N–H and O–H groups in total. The van der Waals surface area contributed by atoms with E-state index < -0.39 is 0 Å². The fourth-order valence-corrected chi connectivity index (χ4v) is 2.52. The molecule has 19 heavy (non-hydrogen) atoms. The van der Waals surface area contributed by atoms with E-state index in [1.54, 1.807) is 0 Å². The van der Waals surface area contributed by atoms with Gasteiger partial charge in [0.2, 0.25) is 0 Å². The molecule has 0 bridgehead atoms. The van der Waals surface area contributed by atoms with Crippen molar-refractivity contribution in [1.82, 2.24) is 5.16 Å². The SMILES string of the molecule is Cc1cc(NSc2ccc(NC3CCC3)cc2)no1. The van der Waals surface area contributed by atoms with Crippen LogP contribution < -0.4 is 10.0 Å². The number of hydrogen-bond acceptors (Lipinski definition) is 5. The lowest BCUT2D eigenvalue weighted by Gasteiger charge is -2.27. The van der Waals surface area contributed by atoms with Crippen LogP contribution in [-0.2, 0) is 0 Å². The molecular weight excluding hydrogens is 258 g/mol. The van der Waals surface area contributed by atoms with Gasteiger partial charge >= 0.3 is 0 Å². The first-order valence-corrected chi connectivity index (χ1v) is 7.34. The molecule has 0 spiro atoms. The van der Waals surface area contributed by atoms with Crippen molar-refractivity contribution >= 4 is 23.5 Å². The standard InChI is InChI=1S/C14H17N3OS/c1-10-9-14(16-18-10)17-19-13-7-5-12(6-8-13)15-11-3-2-4-11/h5-9,11,15H,2-4H2,1H3,(H,16,17). The van der Waals surface area contributed by atoms with E-state index in [0.29, 0.717) is 6.04 Å². The Morgan fingerprint density at radius 1 is 1.26 bits per heavy atom. The zero-order valence-electron chi connectivity index (χ0n) is 10.8. The molecule has 1 fully saturated rings. The molecule has 1 saturated carbocycles. The number of anilines is 2. The quantitative estimate of drug-likeness (QED) is 0.806. The second-order valence-corrected chi connectivity index (χ2v) is 5.70. The van der Waals surface area contributed by atoms with Crippen LogP contribution in [0.25, 0.3) is 0 Å². The highest BCUT2D eigenvalue weighted by atomic mass is 32.2. The molecule has 0 saturated heterocycles. The summed E-state index contributed by atoms with van der Waals surface area (Å²) in [6.07, 6.45) is 3.94. The molecule has 3 rings (SSSR count). The molecule has 1 heterocycles. The van der Waals surface area contributed by atoms with Crippen molar-refractivity contribution in [3.63, 3.8) is 0 Å². The second kappa shape index (κ2) is 5.57. The lowest BCUT2D eigenvalue weighted by molar-refractivity contribution is 0.400. The largest absolute Gasteiger partial charge is 0.382 e. The van der Waals surface area contributed by atoms with Gasteiger partial charge in [-0.05, 0) is 62.4 Å². The molecule has 0 atom stereocenters.